The van der Waals surface area contributed by atoms with E-state index < -0.39 is 5.41 Å². The van der Waals surface area contributed by atoms with Gasteiger partial charge in [-0.2, -0.15) is 0 Å². The zero-order chi connectivity index (χ0) is 19.4. The highest BCUT2D eigenvalue weighted by atomic mass is 32.1. The number of benzene rings is 1. The molecule has 2 amide bonds. The van der Waals surface area contributed by atoms with Crippen LogP contribution in [0.15, 0.2) is 41.8 Å². The number of rotatable bonds is 6. The number of carbonyl (C=O) groups excluding carboxylic acids is 2. The molecule has 27 heavy (non-hydrogen) atoms. The van der Waals surface area contributed by atoms with Crippen LogP contribution in [-0.2, 0) is 16.0 Å². The molecule has 2 aromatic rings. The molecule has 1 atom stereocenters. The minimum atomic E-state index is -0.517. The standard InChI is InChI=1S/C22H28N2O2S/c1-4-6-20(25)24-13-12-22(16-24,21(26)23(2)3)15-17-8-10-18(11-9-17)19-7-5-14-27-19/h5,7-11,14H,4,6,12-13,15-16H2,1-3H3. The van der Waals surface area contributed by atoms with Crippen LogP contribution < -0.4 is 0 Å². The Hall–Kier alpha value is -2.14. The fourth-order valence-corrected chi connectivity index (χ4v) is 4.68. The summed E-state index contributed by atoms with van der Waals surface area (Å²) in [5.41, 5.74) is 1.83. The van der Waals surface area contributed by atoms with Crippen molar-refractivity contribution in [1.82, 2.24) is 9.80 Å². The molecule has 3 rings (SSSR count). The molecule has 0 radical (unpaired) electrons. The van der Waals surface area contributed by atoms with Crippen LogP contribution in [0.25, 0.3) is 10.4 Å². The van der Waals surface area contributed by atoms with Crippen LogP contribution in [0.1, 0.15) is 31.7 Å². The van der Waals surface area contributed by atoms with Gasteiger partial charge in [0.05, 0.1) is 5.41 Å². The Bertz CT molecular complexity index is 783. The van der Waals surface area contributed by atoms with E-state index in [9.17, 15) is 9.59 Å². The molecule has 1 aliphatic heterocycles. The van der Waals surface area contributed by atoms with Gasteiger partial charge >= 0.3 is 0 Å². The van der Waals surface area contributed by atoms with Gasteiger partial charge in [0, 0.05) is 38.5 Å². The summed E-state index contributed by atoms with van der Waals surface area (Å²) in [5.74, 6) is 0.288. The third-order valence-corrected chi connectivity index (χ3v) is 6.25. The van der Waals surface area contributed by atoms with E-state index in [0.717, 1.165) is 18.4 Å². The number of carbonyl (C=O) groups is 2. The van der Waals surface area contributed by atoms with Gasteiger partial charge in [-0.3, -0.25) is 9.59 Å². The zero-order valence-electron chi connectivity index (χ0n) is 16.4. The number of hydrogen-bond acceptors (Lipinski definition) is 3. The topological polar surface area (TPSA) is 40.6 Å². The quantitative estimate of drug-likeness (QED) is 0.753. The average Bonchev–Trinajstić information content (AvgIpc) is 3.33. The molecule has 0 saturated carbocycles. The summed E-state index contributed by atoms with van der Waals surface area (Å²) >= 11 is 1.73. The molecule has 1 aromatic carbocycles. The molecule has 5 heteroatoms. The molecule has 0 spiro atoms. The van der Waals surface area contributed by atoms with Gasteiger partial charge in [-0.05, 0) is 41.8 Å². The maximum absolute atomic E-state index is 13.0. The van der Waals surface area contributed by atoms with Gasteiger partial charge in [-0.1, -0.05) is 37.3 Å². The van der Waals surface area contributed by atoms with E-state index >= 15 is 0 Å². The van der Waals surface area contributed by atoms with Crippen LogP contribution in [-0.4, -0.2) is 48.8 Å². The van der Waals surface area contributed by atoms with E-state index in [1.54, 1.807) is 30.3 Å². The number of amides is 2. The first-order valence-corrected chi connectivity index (χ1v) is 10.5. The highest BCUT2D eigenvalue weighted by molar-refractivity contribution is 7.13. The van der Waals surface area contributed by atoms with Crippen molar-refractivity contribution in [2.24, 2.45) is 5.41 Å². The van der Waals surface area contributed by atoms with E-state index in [0.29, 0.717) is 25.9 Å². The van der Waals surface area contributed by atoms with E-state index in [1.807, 2.05) is 11.8 Å². The van der Waals surface area contributed by atoms with Crippen molar-refractivity contribution in [3.63, 3.8) is 0 Å². The normalized spacial score (nSPS) is 19.3. The molecule has 1 aliphatic rings. The Morgan fingerprint density at radius 2 is 1.93 bits per heavy atom. The second kappa shape index (κ2) is 8.26. The predicted molar refractivity (Wildman–Crippen MR) is 111 cm³/mol. The first kappa shape index (κ1) is 19.6. The number of likely N-dealkylation sites (tertiary alicyclic amines) is 1. The molecular weight excluding hydrogens is 356 g/mol. The Balaban J connectivity index is 1.80. The van der Waals surface area contributed by atoms with Crippen molar-refractivity contribution >= 4 is 23.2 Å². The SMILES string of the molecule is CCCC(=O)N1CCC(Cc2ccc(-c3cccs3)cc2)(C(=O)N(C)C)C1. The second-order valence-electron chi connectivity index (χ2n) is 7.65. The molecule has 144 valence electrons. The van der Waals surface area contributed by atoms with E-state index in [4.69, 9.17) is 0 Å². The van der Waals surface area contributed by atoms with Crippen molar-refractivity contribution in [2.45, 2.75) is 32.6 Å². The molecule has 1 unspecified atom stereocenters. The molecule has 0 N–H and O–H groups in total. The Labute approximate surface area is 165 Å². The third kappa shape index (κ3) is 4.24. The van der Waals surface area contributed by atoms with Crippen LogP contribution in [0.5, 0.6) is 0 Å². The highest BCUT2D eigenvalue weighted by Gasteiger charge is 2.46. The summed E-state index contributed by atoms with van der Waals surface area (Å²) in [6.07, 6.45) is 2.80. The van der Waals surface area contributed by atoms with Gasteiger partial charge in [0.25, 0.3) is 0 Å². The minimum absolute atomic E-state index is 0.122. The minimum Gasteiger partial charge on any atom is -0.348 e. The first-order chi connectivity index (χ1) is 12.9. The van der Waals surface area contributed by atoms with Crippen molar-refractivity contribution in [1.29, 1.82) is 0 Å². The van der Waals surface area contributed by atoms with E-state index in [1.165, 1.54) is 10.4 Å². The van der Waals surface area contributed by atoms with Crippen LogP contribution >= 0.6 is 11.3 Å². The summed E-state index contributed by atoms with van der Waals surface area (Å²) in [5, 5.41) is 2.08. The lowest BCUT2D eigenvalue weighted by Crippen LogP contribution is -2.44. The van der Waals surface area contributed by atoms with Gasteiger partial charge < -0.3 is 9.80 Å². The van der Waals surface area contributed by atoms with Crippen molar-refractivity contribution in [3.05, 3.63) is 47.3 Å². The maximum Gasteiger partial charge on any atom is 0.230 e. The van der Waals surface area contributed by atoms with Gasteiger partial charge in [0.1, 0.15) is 0 Å². The summed E-state index contributed by atoms with van der Waals surface area (Å²) < 4.78 is 0. The molecular formula is C22H28N2O2S. The molecule has 2 heterocycles. The smallest absolute Gasteiger partial charge is 0.230 e. The number of nitrogens with zero attached hydrogens (tertiary/aromatic N) is 2. The Morgan fingerprint density at radius 3 is 2.52 bits per heavy atom. The highest BCUT2D eigenvalue weighted by Crippen LogP contribution is 2.37. The molecule has 1 aromatic heterocycles. The summed E-state index contributed by atoms with van der Waals surface area (Å²) in [6.45, 7) is 3.21. The number of thiophene rings is 1. The lowest BCUT2D eigenvalue weighted by atomic mass is 9.79. The fourth-order valence-electron chi connectivity index (χ4n) is 3.95. The predicted octanol–water partition coefficient (Wildman–Crippen LogP) is 4.06. The molecule has 1 fully saturated rings. The van der Waals surface area contributed by atoms with Gasteiger partial charge in [-0.15, -0.1) is 11.3 Å². The summed E-state index contributed by atoms with van der Waals surface area (Å²) in [7, 11) is 3.61. The van der Waals surface area contributed by atoms with Gasteiger partial charge in [0.15, 0.2) is 0 Å². The molecule has 0 aliphatic carbocycles. The summed E-state index contributed by atoms with van der Waals surface area (Å²) in [6, 6.07) is 12.7. The summed E-state index contributed by atoms with van der Waals surface area (Å²) in [4.78, 5) is 30.2. The van der Waals surface area contributed by atoms with Gasteiger partial charge in [-0.25, -0.2) is 0 Å². The molecule has 0 bridgehead atoms. The van der Waals surface area contributed by atoms with Gasteiger partial charge in [0.2, 0.25) is 11.8 Å². The number of hydrogen-bond donors (Lipinski definition) is 0. The van der Waals surface area contributed by atoms with Crippen molar-refractivity contribution in [3.8, 4) is 10.4 Å². The average molecular weight is 385 g/mol. The second-order valence-corrected chi connectivity index (χ2v) is 8.59. The van der Waals surface area contributed by atoms with Crippen LogP contribution in [0.4, 0.5) is 0 Å². The third-order valence-electron chi connectivity index (χ3n) is 5.33. The van der Waals surface area contributed by atoms with Crippen LogP contribution in [0, 0.1) is 5.41 Å². The van der Waals surface area contributed by atoms with Crippen molar-refractivity contribution < 1.29 is 9.59 Å². The largest absolute Gasteiger partial charge is 0.348 e. The molecule has 4 nitrogen and oxygen atoms in total. The van der Waals surface area contributed by atoms with E-state index in [-0.39, 0.29) is 11.8 Å². The maximum atomic E-state index is 13.0. The van der Waals surface area contributed by atoms with Crippen LogP contribution in [0.2, 0.25) is 0 Å². The van der Waals surface area contributed by atoms with Crippen LogP contribution in [0.3, 0.4) is 0 Å². The lowest BCUT2D eigenvalue weighted by molar-refractivity contribution is -0.139. The molecule has 1 saturated heterocycles. The lowest BCUT2D eigenvalue weighted by Gasteiger charge is -2.31. The van der Waals surface area contributed by atoms with E-state index in [2.05, 4.69) is 41.8 Å². The Kier molecular flexibility index (Phi) is 6.00. The fraction of sp³-hybridized carbons (Fsp3) is 0.455. The first-order valence-electron chi connectivity index (χ1n) is 9.57. The monoisotopic (exact) mass is 384 g/mol. The van der Waals surface area contributed by atoms with Crippen molar-refractivity contribution in [2.75, 3.05) is 27.2 Å². The Morgan fingerprint density at radius 1 is 1.19 bits per heavy atom. The zero-order valence-corrected chi connectivity index (χ0v) is 17.2.